The lowest BCUT2D eigenvalue weighted by atomic mass is 10.0. The molecule has 4 heteroatoms. The third-order valence-corrected chi connectivity index (χ3v) is 2.81. The summed E-state index contributed by atoms with van der Waals surface area (Å²) in [6, 6.07) is 9.52. The van der Waals surface area contributed by atoms with Crippen LogP contribution >= 0.6 is 0 Å². The molecule has 4 nitrogen and oxygen atoms in total. The van der Waals surface area contributed by atoms with Crippen molar-refractivity contribution in [1.29, 1.82) is 0 Å². The number of nitrogens with zero attached hydrogens (tertiary/aromatic N) is 2. The molecule has 2 aromatic rings. The zero-order valence-electron chi connectivity index (χ0n) is 10.00. The molecule has 0 saturated heterocycles. The summed E-state index contributed by atoms with van der Waals surface area (Å²) in [6.07, 6.45) is 1.63. The van der Waals surface area contributed by atoms with Gasteiger partial charge in [-0.25, -0.2) is 0 Å². The van der Waals surface area contributed by atoms with E-state index >= 15 is 0 Å². The van der Waals surface area contributed by atoms with E-state index in [0.717, 1.165) is 17.0 Å². The fourth-order valence-corrected chi connectivity index (χ4v) is 1.90. The second-order valence-electron chi connectivity index (χ2n) is 3.91. The number of rotatable bonds is 4. The number of aliphatic hydroxyl groups is 1. The molecule has 1 atom stereocenters. The van der Waals surface area contributed by atoms with Gasteiger partial charge < -0.3 is 9.84 Å². The van der Waals surface area contributed by atoms with Crippen molar-refractivity contribution in [2.75, 3.05) is 7.11 Å². The molecule has 17 heavy (non-hydrogen) atoms. The lowest BCUT2D eigenvalue weighted by molar-refractivity contribution is 0.167. The summed E-state index contributed by atoms with van der Waals surface area (Å²) in [5.74, 6) is 0.800. The van der Waals surface area contributed by atoms with Crippen LogP contribution in [0, 0.1) is 0 Å². The van der Waals surface area contributed by atoms with Gasteiger partial charge >= 0.3 is 0 Å². The molecule has 0 aliphatic heterocycles. The first kappa shape index (κ1) is 11.7. The second kappa shape index (κ2) is 5.01. The Balaban J connectivity index is 2.18. The molecule has 2 rings (SSSR count). The van der Waals surface area contributed by atoms with Crippen LogP contribution in [0.15, 0.2) is 36.5 Å². The highest BCUT2D eigenvalue weighted by Crippen LogP contribution is 2.24. The predicted molar refractivity (Wildman–Crippen MR) is 64.9 cm³/mol. The smallest absolute Gasteiger partial charge is 0.122 e. The van der Waals surface area contributed by atoms with Gasteiger partial charge in [-0.1, -0.05) is 18.2 Å². The largest absolute Gasteiger partial charge is 0.496 e. The SMILES string of the molecule is COc1ccccc1CC(O)c1ccnn1C. The summed E-state index contributed by atoms with van der Waals surface area (Å²) in [5, 5.41) is 14.2. The first-order valence-electron chi connectivity index (χ1n) is 5.50. The van der Waals surface area contributed by atoms with E-state index in [4.69, 9.17) is 4.74 Å². The van der Waals surface area contributed by atoms with E-state index in [-0.39, 0.29) is 0 Å². The number of hydrogen-bond acceptors (Lipinski definition) is 3. The van der Waals surface area contributed by atoms with Crippen LogP contribution in [0.4, 0.5) is 0 Å². The van der Waals surface area contributed by atoms with Gasteiger partial charge in [0.15, 0.2) is 0 Å². The summed E-state index contributed by atoms with van der Waals surface area (Å²) in [5.41, 5.74) is 1.79. The van der Waals surface area contributed by atoms with E-state index in [1.165, 1.54) is 0 Å². The maximum absolute atomic E-state index is 10.1. The highest BCUT2D eigenvalue weighted by Gasteiger charge is 2.14. The molecule has 0 saturated carbocycles. The number of ether oxygens (including phenoxy) is 1. The predicted octanol–water partition coefficient (Wildman–Crippen LogP) is 1.70. The van der Waals surface area contributed by atoms with Gasteiger partial charge in [0.25, 0.3) is 0 Å². The van der Waals surface area contributed by atoms with E-state index < -0.39 is 6.10 Å². The Bertz CT molecular complexity index is 494. The number of aromatic nitrogens is 2. The number of para-hydroxylation sites is 1. The fourth-order valence-electron chi connectivity index (χ4n) is 1.90. The molecule has 1 aromatic heterocycles. The van der Waals surface area contributed by atoms with Crippen LogP contribution < -0.4 is 4.74 Å². The van der Waals surface area contributed by atoms with Crippen molar-refractivity contribution >= 4 is 0 Å². The number of benzene rings is 1. The Hall–Kier alpha value is -1.81. The molecule has 1 aromatic carbocycles. The minimum atomic E-state index is -0.571. The minimum absolute atomic E-state index is 0.517. The maximum atomic E-state index is 10.1. The first-order valence-corrected chi connectivity index (χ1v) is 5.50. The maximum Gasteiger partial charge on any atom is 0.122 e. The summed E-state index contributed by atoms with van der Waals surface area (Å²) in [6.45, 7) is 0. The van der Waals surface area contributed by atoms with Crippen molar-refractivity contribution < 1.29 is 9.84 Å². The van der Waals surface area contributed by atoms with E-state index in [0.29, 0.717) is 6.42 Å². The molecule has 0 bridgehead atoms. The first-order chi connectivity index (χ1) is 8.22. The van der Waals surface area contributed by atoms with Gasteiger partial charge in [-0.2, -0.15) is 5.10 Å². The van der Waals surface area contributed by atoms with Crippen molar-refractivity contribution in [2.24, 2.45) is 7.05 Å². The minimum Gasteiger partial charge on any atom is -0.496 e. The zero-order valence-corrected chi connectivity index (χ0v) is 10.00. The van der Waals surface area contributed by atoms with Crippen LogP contribution in [0.5, 0.6) is 5.75 Å². The highest BCUT2D eigenvalue weighted by atomic mass is 16.5. The molecule has 90 valence electrons. The van der Waals surface area contributed by atoms with Crippen LogP contribution in [0.3, 0.4) is 0 Å². The summed E-state index contributed by atoms with van der Waals surface area (Å²) in [7, 11) is 3.45. The van der Waals surface area contributed by atoms with Gasteiger partial charge in [-0.15, -0.1) is 0 Å². The molecular weight excluding hydrogens is 216 g/mol. The van der Waals surface area contributed by atoms with E-state index in [1.807, 2.05) is 37.4 Å². The van der Waals surface area contributed by atoms with Crippen LogP contribution in [0.1, 0.15) is 17.4 Å². The summed E-state index contributed by atoms with van der Waals surface area (Å²) < 4.78 is 6.94. The van der Waals surface area contributed by atoms with Crippen LogP contribution in [-0.4, -0.2) is 22.0 Å². The van der Waals surface area contributed by atoms with Gasteiger partial charge in [0, 0.05) is 19.7 Å². The van der Waals surface area contributed by atoms with E-state index in [1.54, 1.807) is 18.0 Å². The standard InChI is InChI=1S/C13H16N2O2/c1-15-11(7-8-14-15)12(16)9-10-5-3-4-6-13(10)17-2/h3-8,12,16H,9H2,1-2H3. The molecule has 0 radical (unpaired) electrons. The van der Waals surface area contributed by atoms with Crippen LogP contribution in [-0.2, 0) is 13.5 Å². The quantitative estimate of drug-likeness (QED) is 0.872. The zero-order chi connectivity index (χ0) is 12.3. The molecular formula is C13H16N2O2. The Morgan fingerprint density at radius 1 is 1.35 bits per heavy atom. The van der Waals surface area contributed by atoms with Gasteiger partial charge in [0.1, 0.15) is 5.75 Å². The number of hydrogen-bond donors (Lipinski definition) is 1. The van der Waals surface area contributed by atoms with E-state index in [2.05, 4.69) is 5.10 Å². The number of methoxy groups -OCH3 is 1. The lowest BCUT2D eigenvalue weighted by Crippen LogP contribution is -2.08. The molecule has 1 N–H and O–H groups in total. The average Bonchev–Trinajstić information content (AvgIpc) is 2.76. The lowest BCUT2D eigenvalue weighted by Gasteiger charge is -2.13. The molecule has 0 spiro atoms. The Morgan fingerprint density at radius 3 is 2.76 bits per heavy atom. The van der Waals surface area contributed by atoms with E-state index in [9.17, 15) is 5.11 Å². The average molecular weight is 232 g/mol. The monoisotopic (exact) mass is 232 g/mol. The summed E-state index contributed by atoms with van der Waals surface area (Å²) >= 11 is 0. The van der Waals surface area contributed by atoms with Crippen LogP contribution in [0.25, 0.3) is 0 Å². The van der Waals surface area contributed by atoms with Crippen molar-refractivity contribution in [3.8, 4) is 5.75 Å². The number of aryl methyl sites for hydroxylation is 1. The van der Waals surface area contributed by atoms with Gasteiger partial charge in [-0.3, -0.25) is 4.68 Å². The topological polar surface area (TPSA) is 47.3 Å². The molecule has 1 unspecified atom stereocenters. The van der Waals surface area contributed by atoms with Gasteiger partial charge in [0.05, 0.1) is 18.9 Å². The van der Waals surface area contributed by atoms with Gasteiger partial charge in [-0.05, 0) is 17.7 Å². The fraction of sp³-hybridized carbons (Fsp3) is 0.308. The second-order valence-corrected chi connectivity index (χ2v) is 3.91. The molecule has 0 aliphatic rings. The molecule has 0 amide bonds. The molecule has 0 fully saturated rings. The van der Waals surface area contributed by atoms with Crippen molar-refractivity contribution in [1.82, 2.24) is 9.78 Å². The van der Waals surface area contributed by atoms with Gasteiger partial charge in [0.2, 0.25) is 0 Å². The third kappa shape index (κ3) is 2.47. The third-order valence-electron chi connectivity index (χ3n) is 2.81. The van der Waals surface area contributed by atoms with Crippen molar-refractivity contribution in [2.45, 2.75) is 12.5 Å². The Labute approximate surface area is 100 Å². The number of aliphatic hydroxyl groups excluding tert-OH is 1. The normalized spacial score (nSPS) is 12.4. The van der Waals surface area contributed by atoms with Crippen molar-refractivity contribution in [3.05, 3.63) is 47.8 Å². The molecule has 1 heterocycles. The highest BCUT2D eigenvalue weighted by molar-refractivity contribution is 5.34. The Morgan fingerprint density at radius 2 is 2.12 bits per heavy atom. The van der Waals surface area contributed by atoms with Crippen LogP contribution in [0.2, 0.25) is 0 Å². The Kier molecular flexibility index (Phi) is 3.44. The summed E-state index contributed by atoms with van der Waals surface area (Å²) in [4.78, 5) is 0. The van der Waals surface area contributed by atoms with Crippen molar-refractivity contribution in [3.63, 3.8) is 0 Å². The molecule has 0 aliphatic carbocycles.